The van der Waals surface area contributed by atoms with E-state index in [1.807, 2.05) is 0 Å². The van der Waals surface area contributed by atoms with Crippen molar-refractivity contribution in [1.82, 2.24) is 15.5 Å². The molecule has 0 aliphatic carbocycles. The fourth-order valence-electron chi connectivity index (χ4n) is 2.71. The number of hydrogen-bond donors (Lipinski definition) is 2. The third-order valence-corrected chi connectivity index (χ3v) is 4.10. The van der Waals surface area contributed by atoms with Crippen LogP contribution in [0, 0.1) is 0 Å². The Labute approximate surface area is 124 Å². The number of carbonyl (C=O) groups excluding carboxylic acids is 2. The first kappa shape index (κ1) is 14.8. The van der Waals surface area contributed by atoms with Crippen LogP contribution in [0.15, 0.2) is 24.3 Å². The maximum Gasteiger partial charge on any atom is 0.416 e. The summed E-state index contributed by atoms with van der Waals surface area (Å²) in [6.07, 6.45) is -4.39. The number of carbonyl (C=O) groups is 2. The highest BCUT2D eigenvalue weighted by molar-refractivity contribution is 5.99. The molecular weight excluding hydrogens is 299 g/mol. The molecule has 22 heavy (non-hydrogen) atoms. The molecule has 1 spiro atoms. The third-order valence-electron chi connectivity index (χ3n) is 4.10. The highest BCUT2D eigenvalue weighted by Crippen LogP contribution is 2.30. The van der Waals surface area contributed by atoms with Crippen molar-refractivity contribution in [2.75, 3.05) is 19.6 Å². The number of alkyl halides is 3. The summed E-state index contributed by atoms with van der Waals surface area (Å²) in [5, 5.41) is 5.51. The minimum absolute atomic E-state index is 0.0821. The largest absolute Gasteiger partial charge is 0.416 e. The van der Waals surface area contributed by atoms with Gasteiger partial charge in [0.2, 0.25) is 11.8 Å². The van der Waals surface area contributed by atoms with Gasteiger partial charge in [-0.2, -0.15) is 13.2 Å². The van der Waals surface area contributed by atoms with E-state index in [9.17, 15) is 22.8 Å². The number of rotatable bonds is 2. The molecule has 2 fully saturated rings. The number of nitrogens with one attached hydrogen (secondary N) is 2. The van der Waals surface area contributed by atoms with Gasteiger partial charge in [0, 0.05) is 19.6 Å². The molecule has 0 atom stereocenters. The van der Waals surface area contributed by atoms with Crippen molar-refractivity contribution < 1.29 is 22.8 Å². The van der Waals surface area contributed by atoms with Gasteiger partial charge in [0.05, 0.1) is 12.1 Å². The average molecular weight is 313 g/mol. The summed E-state index contributed by atoms with van der Waals surface area (Å²) in [5.41, 5.74) is -1.10. The van der Waals surface area contributed by atoms with Crippen LogP contribution >= 0.6 is 0 Å². The molecule has 0 bridgehead atoms. The lowest BCUT2D eigenvalue weighted by Gasteiger charge is -2.51. The molecule has 8 heteroatoms. The summed E-state index contributed by atoms with van der Waals surface area (Å²) >= 11 is 0. The summed E-state index contributed by atoms with van der Waals surface area (Å²) in [5.74, 6) is -0.459. The molecule has 0 unspecified atom stereocenters. The lowest BCUT2D eigenvalue weighted by molar-refractivity contribution is -0.158. The van der Waals surface area contributed by atoms with Crippen molar-refractivity contribution >= 4 is 11.8 Å². The summed E-state index contributed by atoms with van der Waals surface area (Å²) in [7, 11) is 0. The Hall–Kier alpha value is -2.09. The topological polar surface area (TPSA) is 61.4 Å². The van der Waals surface area contributed by atoms with E-state index in [2.05, 4.69) is 10.6 Å². The highest BCUT2D eigenvalue weighted by Gasteiger charge is 2.53. The van der Waals surface area contributed by atoms with Gasteiger partial charge in [0.1, 0.15) is 5.54 Å². The summed E-state index contributed by atoms with van der Waals surface area (Å²) < 4.78 is 37.7. The van der Waals surface area contributed by atoms with Crippen LogP contribution < -0.4 is 10.6 Å². The molecule has 0 radical (unpaired) electrons. The Morgan fingerprint density at radius 2 is 1.77 bits per heavy atom. The first-order valence-electron chi connectivity index (χ1n) is 6.78. The van der Waals surface area contributed by atoms with Crippen molar-refractivity contribution in [3.05, 3.63) is 35.4 Å². The summed E-state index contributed by atoms with van der Waals surface area (Å²) in [6, 6.07) is 4.63. The van der Waals surface area contributed by atoms with Crippen LogP contribution in [0.4, 0.5) is 13.2 Å². The average Bonchev–Trinajstić information content (AvgIpc) is 2.41. The number of benzene rings is 1. The number of hydrogen-bond acceptors (Lipinski definition) is 3. The van der Waals surface area contributed by atoms with Crippen molar-refractivity contribution in [3.63, 3.8) is 0 Å². The molecule has 2 saturated heterocycles. The predicted octanol–water partition coefficient (Wildman–Crippen LogP) is 0.506. The maximum atomic E-state index is 12.6. The van der Waals surface area contributed by atoms with Gasteiger partial charge >= 0.3 is 6.18 Å². The molecule has 2 N–H and O–H groups in total. The minimum Gasteiger partial charge on any atom is -0.345 e. The Bertz CT molecular complexity index is 609. The molecule has 3 rings (SSSR count). The smallest absolute Gasteiger partial charge is 0.345 e. The molecule has 1 aromatic rings. The van der Waals surface area contributed by atoms with Crippen LogP contribution in [-0.4, -0.2) is 41.9 Å². The third kappa shape index (κ3) is 2.33. The zero-order valence-electron chi connectivity index (χ0n) is 11.5. The fourth-order valence-corrected chi connectivity index (χ4v) is 2.71. The van der Waals surface area contributed by atoms with Crippen molar-refractivity contribution in [1.29, 1.82) is 0 Å². The molecule has 2 amide bonds. The van der Waals surface area contributed by atoms with Gasteiger partial charge in [-0.25, -0.2) is 0 Å². The van der Waals surface area contributed by atoms with E-state index in [0.717, 1.165) is 12.1 Å². The van der Waals surface area contributed by atoms with E-state index in [4.69, 9.17) is 0 Å². The Kier molecular flexibility index (Phi) is 3.36. The van der Waals surface area contributed by atoms with E-state index in [1.54, 1.807) is 0 Å². The monoisotopic (exact) mass is 313 g/mol. The number of amides is 2. The number of nitrogens with zero attached hydrogens (tertiary/aromatic N) is 1. The minimum atomic E-state index is -4.39. The molecule has 2 aliphatic rings. The standard InChI is InChI=1S/C14H14F3N3O2/c15-14(16,17)10-3-1-9(2-4-10)6-20-11(21)5-19-12(22)13(20)7-18-8-13/h1-4,18H,5-8H2,(H,19,22). The lowest BCUT2D eigenvalue weighted by atomic mass is 9.86. The van der Waals surface area contributed by atoms with Crippen LogP contribution in [0.25, 0.3) is 0 Å². The van der Waals surface area contributed by atoms with E-state index in [-0.39, 0.29) is 24.9 Å². The predicted molar refractivity (Wildman–Crippen MR) is 70.6 cm³/mol. The van der Waals surface area contributed by atoms with Crippen LogP contribution in [0.5, 0.6) is 0 Å². The molecule has 0 saturated carbocycles. The first-order valence-corrected chi connectivity index (χ1v) is 6.78. The number of halogens is 3. The van der Waals surface area contributed by atoms with Crippen LogP contribution in [0.3, 0.4) is 0 Å². The van der Waals surface area contributed by atoms with Crippen molar-refractivity contribution in [2.45, 2.75) is 18.3 Å². The molecule has 5 nitrogen and oxygen atoms in total. The van der Waals surface area contributed by atoms with Crippen molar-refractivity contribution in [3.8, 4) is 0 Å². The summed E-state index contributed by atoms with van der Waals surface area (Å²) in [4.78, 5) is 25.6. The summed E-state index contributed by atoms with van der Waals surface area (Å²) in [6.45, 7) is 0.740. The Balaban J connectivity index is 1.82. The zero-order chi connectivity index (χ0) is 16.0. The van der Waals surface area contributed by atoms with Gasteiger partial charge < -0.3 is 15.5 Å². The van der Waals surface area contributed by atoms with Crippen LogP contribution in [0.2, 0.25) is 0 Å². The molecular formula is C14H14F3N3O2. The van der Waals surface area contributed by atoms with Crippen LogP contribution in [0.1, 0.15) is 11.1 Å². The number of piperazine rings is 1. The van der Waals surface area contributed by atoms with Crippen LogP contribution in [-0.2, 0) is 22.3 Å². The second-order valence-electron chi connectivity index (χ2n) is 5.49. The second-order valence-corrected chi connectivity index (χ2v) is 5.49. The first-order chi connectivity index (χ1) is 10.3. The molecule has 118 valence electrons. The normalized spacial score (nSPS) is 20.8. The van der Waals surface area contributed by atoms with Gasteiger partial charge in [0.15, 0.2) is 0 Å². The zero-order valence-corrected chi connectivity index (χ0v) is 11.5. The second kappa shape index (κ2) is 4.98. The van der Waals surface area contributed by atoms with Gasteiger partial charge in [-0.3, -0.25) is 9.59 Å². The van der Waals surface area contributed by atoms with Gasteiger partial charge in [-0.1, -0.05) is 12.1 Å². The lowest BCUT2D eigenvalue weighted by Crippen LogP contribution is -2.79. The van der Waals surface area contributed by atoms with E-state index in [0.29, 0.717) is 18.7 Å². The van der Waals surface area contributed by atoms with Gasteiger partial charge in [-0.15, -0.1) is 0 Å². The molecule has 2 heterocycles. The molecule has 2 aliphatic heterocycles. The molecule has 0 aromatic heterocycles. The van der Waals surface area contributed by atoms with Gasteiger partial charge in [-0.05, 0) is 17.7 Å². The quantitative estimate of drug-likeness (QED) is 0.836. The maximum absolute atomic E-state index is 12.6. The van der Waals surface area contributed by atoms with Gasteiger partial charge in [0.25, 0.3) is 0 Å². The highest BCUT2D eigenvalue weighted by atomic mass is 19.4. The Morgan fingerprint density at radius 1 is 1.14 bits per heavy atom. The van der Waals surface area contributed by atoms with E-state index in [1.165, 1.54) is 17.0 Å². The fraction of sp³-hybridized carbons (Fsp3) is 0.429. The van der Waals surface area contributed by atoms with Crippen molar-refractivity contribution in [2.24, 2.45) is 0 Å². The van der Waals surface area contributed by atoms with E-state index >= 15 is 0 Å². The molecule has 1 aromatic carbocycles. The Morgan fingerprint density at radius 3 is 2.27 bits per heavy atom. The SMILES string of the molecule is O=C1CNC(=O)C2(CNC2)N1Cc1ccc(C(F)(F)F)cc1. The van der Waals surface area contributed by atoms with E-state index < -0.39 is 17.3 Å².